The van der Waals surface area contributed by atoms with Gasteiger partial charge < -0.3 is 42.9 Å². The molecule has 14 heteroatoms. The zero-order valence-electron chi connectivity index (χ0n) is 20.8. The standard InChI is InChI=1S/C22H39N7O7/c1-3-12(2)17(29-18(32)13-6-4-10-25-13)20(34)27-14(8-9-16(30)31)19(33)28-15(21(35)36)7-5-11-26-22(23)24/h12-15,17,25H,3-11H2,1-2H3,(H,27,34)(H,28,33)(H,29,32)(H,30,31)(H,35,36)(H4,23,24,26). The van der Waals surface area contributed by atoms with E-state index in [4.69, 9.17) is 16.6 Å². The van der Waals surface area contributed by atoms with Gasteiger partial charge in [-0.25, -0.2) is 4.79 Å². The lowest BCUT2D eigenvalue weighted by molar-refractivity contribution is -0.143. The molecule has 0 aromatic heterocycles. The van der Waals surface area contributed by atoms with Crippen LogP contribution in [0.3, 0.4) is 0 Å². The summed E-state index contributed by atoms with van der Waals surface area (Å²) in [6, 6.07) is -3.98. The Morgan fingerprint density at radius 1 is 1.03 bits per heavy atom. The third-order valence-electron chi connectivity index (χ3n) is 6.01. The van der Waals surface area contributed by atoms with Gasteiger partial charge in [-0.3, -0.25) is 24.2 Å². The monoisotopic (exact) mass is 513 g/mol. The highest BCUT2D eigenvalue weighted by Crippen LogP contribution is 2.12. The topological polar surface area (TPSA) is 238 Å². The van der Waals surface area contributed by atoms with Crippen molar-refractivity contribution in [2.24, 2.45) is 22.4 Å². The Morgan fingerprint density at radius 2 is 1.69 bits per heavy atom. The smallest absolute Gasteiger partial charge is 0.326 e. The summed E-state index contributed by atoms with van der Waals surface area (Å²) in [5.74, 6) is -4.73. The molecule has 14 nitrogen and oxygen atoms in total. The fourth-order valence-corrected chi connectivity index (χ4v) is 3.70. The number of aliphatic imine (C=N–C) groups is 1. The van der Waals surface area contributed by atoms with Gasteiger partial charge in [-0.1, -0.05) is 20.3 Å². The minimum Gasteiger partial charge on any atom is -0.481 e. The second-order valence-electron chi connectivity index (χ2n) is 8.86. The van der Waals surface area contributed by atoms with Crippen LogP contribution in [0.2, 0.25) is 0 Å². The Balaban J connectivity index is 2.94. The van der Waals surface area contributed by atoms with Crippen LogP contribution in [0.1, 0.15) is 58.8 Å². The zero-order valence-corrected chi connectivity index (χ0v) is 20.8. The van der Waals surface area contributed by atoms with Crippen LogP contribution >= 0.6 is 0 Å². The second-order valence-corrected chi connectivity index (χ2v) is 8.86. The van der Waals surface area contributed by atoms with Gasteiger partial charge in [0.05, 0.1) is 6.04 Å². The number of rotatable bonds is 16. The van der Waals surface area contributed by atoms with E-state index in [0.29, 0.717) is 19.4 Å². The maximum absolute atomic E-state index is 13.1. The van der Waals surface area contributed by atoms with Gasteiger partial charge in [0, 0.05) is 13.0 Å². The Labute approximate surface area is 210 Å². The van der Waals surface area contributed by atoms with Crippen LogP contribution < -0.4 is 32.7 Å². The van der Waals surface area contributed by atoms with Crippen molar-refractivity contribution < 1.29 is 34.2 Å². The van der Waals surface area contributed by atoms with Crippen molar-refractivity contribution in [2.75, 3.05) is 13.1 Å². The predicted molar refractivity (Wildman–Crippen MR) is 131 cm³/mol. The molecule has 1 saturated heterocycles. The molecule has 1 heterocycles. The minimum atomic E-state index is -1.32. The summed E-state index contributed by atoms with van der Waals surface area (Å²) in [5, 5.41) is 29.2. The number of carboxylic acids is 2. The Kier molecular flexibility index (Phi) is 13.2. The van der Waals surface area contributed by atoms with E-state index in [0.717, 1.165) is 6.42 Å². The van der Waals surface area contributed by atoms with E-state index in [2.05, 4.69) is 26.3 Å². The van der Waals surface area contributed by atoms with Crippen molar-refractivity contribution in [3.63, 3.8) is 0 Å². The number of carboxylic acid groups (broad SMARTS) is 2. The van der Waals surface area contributed by atoms with E-state index in [1.807, 2.05) is 6.92 Å². The lowest BCUT2D eigenvalue weighted by Crippen LogP contribution is -2.58. The van der Waals surface area contributed by atoms with Crippen LogP contribution in [0.25, 0.3) is 0 Å². The van der Waals surface area contributed by atoms with E-state index in [1.165, 1.54) is 0 Å². The molecule has 0 radical (unpaired) electrons. The van der Waals surface area contributed by atoms with E-state index < -0.39 is 54.3 Å². The van der Waals surface area contributed by atoms with Gasteiger partial charge in [0.15, 0.2) is 5.96 Å². The van der Waals surface area contributed by atoms with Gasteiger partial charge >= 0.3 is 11.9 Å². The normalized spacial score (nSPS) is 18.2. The Bertz CT molecular complexity index is 811. The van der Waals surface area contributed by atoms with Crippen LogP contribution in [0, 0.1) is 5.92 Å². The average molecular weight is 514 g/mol. The molecule has 36 heavy (non-hydrogen) atoms. The van der Waals surface area contributed by atoms with Crippen LogP contribution in [-0.2, 0) is 24.0 Å². The highest BCUT2D eigenvalue weighted by atomic mass is 16.4. The molecule has 1 aliphatic rings. The molecule has 0 aliphatic carbocycles. The summed E-state index contributed by atoms with van der Waals surface area (Å²) < 4.78 is 0. The molecule has 5 atom stereocenters. The number of nitrogens with zero attached hydrogens (tertiary/aromatic N) is 1. The lowest BCUT2D eigenvalue weighted by atomic mass is 9.97. The van der Waals surface area contributed by atoms with Crippen LogP contribution in [0.4, 0.5) is 0 Å². The highest BCUT2D eigenvalue weighted by molar-refractivity contribution is 5.94. The van der Waals surface area contributed by atoms with Crippen molar-refractivity contribution >= 4 is 35.6 Å². The van der Waals surface area contributed by atoms with Crippen LogP contribution in [0.15, 0.2) is 4.99 Å². The van der Waals surface area contributed by atoms with Gasteiger partial charge in [-0.05, 0) is 44.6 Å². The second kappa shape index (κ2) is 15.5. The summed E-state index contributed by atoms with van der Waals surface area (Å²) in [6.07, 6.45) is 1.61. The van der Waals surface area contributed by atoms with Gasteiger partial charge in [0.25, 0.3) is 0 Å². The summed E-state index contributed by atoms with van der Waals surface area (Å²) in [6.45, 7) is 4.48. The van der Waals surface area contributed by atoms with Gasteiger partial charge in [0.1, 0.15) is 18.1 Å². The maximum atomic E-state index is 13.1. The van der Waals surface area contributed by atoms with Crippen LogP contribution in [0.5, 0.6) is 0 Å². The first-order chi connectivity index (χ1) is 17.0. The predicted octanol–water partition coefficient (Wildman–Crippen LogP) is -1.76. The summed E-state index contributed by atoms with van der Waals surface area (Å²) in [5.41, 5.74) is 10.5. The fraction of sp³-hybridized carbons (Fsp3) is 0.727. The molecule has 0 aromatic rings. The molecule has 5 unspecified atom stereocenters. The quantitative estimate of drug-likeness (QED) is 0.0657. The van der Waals surface area contributed by atoms with Crippen molar-refractivity contribution in [1.82, 2.24) is 21.3 Å². The molecule has 0 bridgehead atoms. The van der Waals surface area contributed by atoms with E-state index in [1.54, 1.807) is 6.92 Å². The molecule has 1 fully saturated rings. The molecule has 204 valence electrons. The SMILES string of the molecule is CCC(C)C(NC(=O)C1CCCN1)C(=O)NC(CCC(=O)O)C(=O)NC(CCCN=C(N)N)C(=O)O. The first-order valence-electron chi connectivity index (χ1n) is 12.1. The number of aliphatic carboxylic acids is 2. The summed E-state index contributed by atoms with van der Waals surface area (Å²) in [4.78, 5) is 65.1. The zero-order chi connectivity index (χ0) is 27.3. The number of carbonyl (C=O) groups is 5. The van der Waals surface area contributed by atoms with Gasteiger partial charge in [-0.15, -0.1) is 0 Å². The van der Waals surface area contributed by atoms with Crippen LogP contribution in [-0.4, -0.2) is 83.1 Å². The molecular formula is C22H39N7O7. The van der Waals surface area contributed by atoms with Gasteiger partial charge in [-0.2, -0.15) is 0 Å². The fourth-order valence-electron chi connectivity index (χ4n) is 3.70. The molecule has 0 saturated carbocycles. The Hall–Kier alpha value is -3.42. The molecule has 0 aromatic carbocycles. The number of amides is 3. The summed E-state index contributed by atoms with van der Waals surface area (Å²) >= 11 is 0. The number of hydrogen-bond acceptors (Lipinski definition) is 7. The van der Waals surface area contributed by atoms with Crippen molar-refractivity contribution in [2.45, 2.75) is 83.0 Å². The highest BCUT2D eigenvalue weighted by Gasteiger charge is 2.33. The Morgan fingerprint density at radius 3 is 2.22 bits per heavy atom. The average Bonchev–Trinajstić information content (AvgIpc) is 3.35. The van der Waals surface area contributed by atoms with E-state index >= 15 is 0 Å². The first kappa shape index (κ1) is 30.6. The molecule has 1 rings (SSSR count). The number of hydrogen-bond donors (Lipinski definition) is 8. The van der Waals surface area contributed by atoms with Gasteiger partial charge in [0.2, 0.25) is 17.7 Å². The number of nitrogens with two attached hydrogens (primary N) is 2. The molecule has 10 N–H and O–H groups in total. The molecule has 1 aliphatic heterocycles. The lowest BCUT2D eigenvalue weighted by Gasteiger charge is -2.28. The number of carbonyl (C=O) groups excluding carboxylic acids is 3. The van der Waals surface area contributed by atoms with E-state index in [-0.39, 0.29) is 43.6 Å². The van der Waals surface area contributed by atoms with Crippen molar-refractivity contribution in [3.05, 3.63) is 0 Å². The first-order valence-corrected chi connectivity index (χ1v) is 12.1. The third kappa shape index (κ3) is 10.9. The minimum absolute atomic E-state index is 0.0113. The molecular weight excluding hydrogens is 474 g/mol. The maximum Gasteiger partial charge on any atom is 0.326 e. The van der Waals surface area contributed by atoms with Crippen molar-refractivity contribution in [1.29, 1.82) is 0 Å². The molecule has 3 amide bonds. The van der Waals surface area contributed by atoms with E-state index in [9.17, 15) is 29.1 Å². The third-order valence-corrected chi connectivity index (χ3v) is 6.01. The van der Waals surface area contributed by atoms with Crippen molar-refractivity contribution in [3.8, 4) is 0 Å². The number of guanidine groups is 1. The largest absolute Gasteiger partial charge is 0.481 e. The molecule has 0 spiro atoms. The summed E-state index contributed by atoms with van der Waals surface area (Å²) in [7, 11) is 0. The number of nitrogens with one attached hydrogen (secondary N) is 4.